The molecule has 0 aliphatic carbocycles. The number of amides is 2. The molecule has 1 fully saturated rings. The Morgan fingerprint density at radius 1 is 1.24 bits per heavy atom. The van der Waals surface area contributed by atoms with E-state index in [9.17, 15) is 19.7 Å². The fourth-order valence-electron chi connectivity index (χ4n) is 1.90. The van der Waals surface area contributed by atoms with Gasteiger partial charge in [0.1, 0.15) is 0 Å². The SMILES string of the molecule is Cc1c(N2C(=O)CCC2=O)cccc1[N+](=O)[O-]. The molecule has 0 spiro atoms. The maximum atomic E-state index is 11.6. The van der Waals surface area contributed by atoms with Crippen molar-refractivity contribution in [2.75, 3.05) is 4.90 Å². The van der Waals surface area contributed by atoms with Crippen molar-refractivity contribution in [1.29, 1.82) is 0 Å². The first-order chi connectivity index (χ1) is 8.02. The number of nitro groups is 1. The first kappa shape index (κ1) is 11.3. The molecule has 1 aliphatic heterocycles. The Kier molecular flexibility index (Phi) is 2.63. The van der Waals surface area contributed by atoms with E-state index in [1.54, 1.807) is 6.07 Å². The number of carbonyl (C=O) groups excluding carboxylic acids is 2. The molecular weight excluding hydrogens is 224 g/mol. The van der Waals surface area contributed by atoms with Crippen LogP contribution in [0.2, 0.25) is 0 Å². The van der Waals surface area contributed by atoms with Crippen LogP contribution in [0.3, 0.4) is 0 Å². The first-order valence-corrected chi connectivity index (χ1v) is 5.12. The van der Waals surface area contributed by atoms with Gasteiger partial charge in [-0.3, -0.25) is 24.6 Å². The molecule has 1 heterocycles. The lowest BCUT2D eigenvalue weighted by Gasteiger charge is -2.16. The van der Waals surface area contributed by atoms with Crippen LogP contribution in [-0.4, -0.2) is 16.7 Å². The summed E-state index contributed by atoms with van der Waals surface area (Å²) in [6.07, 6.45) is 0.335. The Bertz CT molecular complexity index is 508. The molecule has 2 amide bonds. The predicted octanol–water partition coefficient (Wildman–Crippen LogP) is 1.56. The smallest absolute Gasteiger partial charge is 0.274 e. The molecule has 6 heteroatoms. The summed E-state index contributed by atoms with van der Waals surface area (Å²) in [5, 5.41) is 10.8. The van der Waals surface area contributed by atoms with E-state index < -0.39 is 4.92 Å². The van der Waals surface area contributed by atoms with E-state index in [-0.39, 0.29) is 30.3 Å². The highest BCUT2D eigenvalue weighted by molar-refractivity contribution is 6.20. The van der Waals surface area contributed by atoms with E-state index in [0.29, 0.717) is 11.3 Å². The van der Waals surface area contributed by atoms with Crippen LogP contribution in [0.25, 0.3) is 0 Å². The van der Waals surface area contributed by atoms with E-state index in [1.807, 2.05) is 0 Å². The normalized spacial score (nSPS) is 15.5. The first-order valence-electron chi connectivity index (χ1n) is 5.12. The molecule has 2 rings (SSSR count). The molecular formula is C11H10N2O4. The van der Waals surface area contributed by atoms with Gasteiger partial charge in [0, 0.05) is 18.9 Å². The van der Waals surface area contributed by atoms with Crippen molar-refractivity contribution in [2.24, 2.45) is 0 Å². The molecule has 17 heavy (non-hydrogen) atoms. The van der Waals surface area contributed by atoms with Gasteiger partial charge in [-0.15, -0.1) is 0 Å². The van der Waals surface area contributed by atoms with Gasteiger partial charge in [-0.1, -0.05) is 6.07 Å². The molecule has 1 aliphatic rings. The number of nitrogens with zero attached hydrogens (tertiary/aromatic N) is 2. The summed E-state index contributed by atoms with van der Waals surface area (Å²) < 4.78 is 0. The van der Waals surface area contributed by atoms with Crippen molar-refractivity contribution in [3.8, 4) is 0 Å². The van der Waals surface area contributed by atoms with Crippen molar-refractivity contribution in [2.45, 2.75) is 19.8 Å². The van der Waals surface area contributed by atoms with Crippen LogP contribution >= 0.6 is 0 Å². The van der Waals surface area contributed by atoms with Crippen LogP contribution in [0.5, 0.6) is 0 Å². The van der Waals surface area contributed by atoms with Crippen molar-refractivity contribution in [1.82, 2.24) is 0 Å². The van der Waals surface area contributed by atoms with Crippen LogP contribution in [0.4, 0.5) is 11.4 Å². The Hall–Kier alpha value is -2.24. The number of benzene rings is 1. The number of anilines is 1. The quantitative estimate of drug-likeness (QED) is 0.441. The molecule has 0 aromatic heterocycles. The zero-order valence-electron chi connectivity index (χ0n) is 9.17. The third-order valence-electron chi connectivity index (χ3n) is 2.77. The molecule has 1 aromatic carbocycles. The van der Waals surface area contributed by atoms with Gasteiger partial charge in [-0.05, 0) is 13.0 Å². The summed E-state index contributed by atoms with van der Waals surface area (Å²) in [6.45, 7) is 1.53. The standard InChI is InChI=1S/C11H10N2O4/c1-7-8(3-2-4-9(7)13(16)17)12-10(14)5-6-11(12)15/h2-4H,5-6H2,1H3. The van der Waals surface area contributed by atoms with Crippen LogP contribution in [0.1, 0.15) is 18.4 Å². The van der Waals surface area contributed by atoms with E-state index >= 15 is 0 Å². The summed E-state index contributed by atoms with van der Waals surface area (Å²) in [6, 6.07) is 4.37. The Morgan fingerprint density at radius 3 is 2.35 bits per heavy atom. The second-order valence-electron chi connectivity index (χ2n) is 3.80. The number of nitro benzene ring substituents is 1. The van der Waals surface area contributed by atoms with Crippen molar-refractivity contribution < 1.29 is 14.5 Å². The minimum absolute atomic E-state index is 0.0880. The topological polar surface area (TPSA) is 80.5 Å². The zero-order valence-corrected chi connectivity index (χ0v) is 9.17. The Morgan fingerprint density at radius 2 is 1.82 bits per heavy atom. The van der Waals surface area contributed by atoms with Gasteiger partial charge in [0.2, 0.25) is 11.8 Å². The molecule has 1 aromatic rings. The summed E-state index contributed by atoms with van der Waals surface area (Å²) in [7, 11) is 0. The van der Waals surface area contributed by atoms with Gasteiger partial charge in [0.05, 0.1) is 16.2 Å². The molecule has 0 N–H and O–H groups in total. The Balaban J connectivity index is 2.53. The molecule has 1 saturated heterocycles. The molecule has 0 bridgehead atoms. The average Bonchev–Trinajstić information content (AvgIpc) is 2.59. The second kappa shape index (κ2) is 3.97. The number of rotatable bonds is 2. The number of carbonyl (C=O) groups is 2. The molecule has 0 saturated carbocycles. The third kappa shape index (κ3) is 1.77. The number of hydrogen-bond acceptors (Lipinski definition) is 4. The van der Waals surface area contributed by atoms with E-state index in [2.05, 4.69) is 0 Å². The molecule has 88 valence electrons. The lowest BCUT2D eigenvalue weighted by Crippen LogP contribution is -2.29. The van der Waals surface area contributed by atoms with E-state index in [0.717, 1.165) is 4.90 Å². The fraction of sp³-hybridized carbons (Fsp3) is 0.273. The Labute approximate surface area is 97.0 Å². The summed E-state index contributed by atoms with van der Waals surface area (Å²) in [5.41, 5.74) is 0.558. The third-order valence-corrected chi connectivity index (χ3v) is 2.77. The fourth-order valence-corrected chi connectivity index (χ4v) is 1.90. The van der Waals surface area contributed by atoms with Gasteiger partial charge in [0.15, 0.2) is 0 Å². The molecule has 0 unspecified atom stereocenters. The monoisotopic (exact) mass is 234 g/mol. The van der Waals surface area contributed by atoms with Crippen molar-refractivity contribution >= 4 is 23.2 Å². The lowest BCUT2D eigenvalue weighted by molar-refractivity contribution is -0.385. The van der Waals surface area contributed by atoms with Gasteiger partial charge in [-0.2, -0.15) is 0 Å². The van der Waals surface area contributed by atoms with Gasteiger partial charge >= 0.3 is 0 Å². The lowest BCUT2D eigenvalue weighted by atomic mass is 10.1. The number of hydrogen-bond donors (Lipinski definition) is 0. The highest BCUT2D eigenvalue weighted by Gasteiger charge is 2.32. The van der Waals surface area contributed by atoms with Crippen LogP contribution < -0.4 is 4.90 Å². The summed E-state index contributed by atoms with van der Waals surface area (Å²) >= 11 is 0. The zero-order chi connectivity index (χ0) is 12.6. The van der Waals surface area contributed by atoms with Crippen LogP contribution in [0.15, 0.2) is 18.2 Å². The van der Waals surface area contributed by atoms with E-state index in [1.165, 1.54) is 19.1 Å². The maximum Gasteiger partial charge on any atom is 0.274 e. The van der Waals surface area contributed by atoms with Crippen LogP contribution in [-0.2, 0) is 9.59 Å². The largest absolute Gasteiger partial charge is 0.274 e. The van der Waals surface area contributed by atoms with E-state index in [4.69, 9.17) is 0 Å². The average molecular weight is 234 g/mol. The highest BCUT2D eigenvalue weighted by atomic mass is 16.6. The van der Waals surface area contributed by atoms with Crippen molar-refractivity contribution in [3.05, 3.63) is 33.9 Å². The predicted molar refractivity (Wildman–Crippen MR) is 59.6 cm³/mol. The molecule has 6 nitrogen and oxygen atoms in total. The second-order valence-corrected chi connectivity index (χ2v) is 3.80. The van der Waals surface area contributed by atoms with Crippen molar-refractivity contribution in [3.63, 3.8) is 0 Å². The number of imide groups is 1. The highest BCUT2D eigenvalue weighted by Crippen LogP contribution is 2.31. The maximum absolute atomic E-state index is 11.6. The minimum atomic E-state index is -0.524. The minimum Gasteiger partial charge on any atom is -0.274 e. The molecule has 0 radical (unpaired) electrons. The van der Waals surface area contributed by atoms with Gasteiger partial charge < -0.3 is 0 Å². The summed E-state index contributed by atoms with van der Waals surface area (Å²) in [5.74, 6) is -0.614. The van der Waals surface area contributed by atoms with Crippen LogP contribution in [0, 0.1) is 17.0 Å². The molecule has 0 atom stereocenters. The van der Waals surface area contributed by atoms with Gasteiger partial charge in [0.25, 0.3) is 5.69 Å². The van der Waals surface area contributed by atoms with Gasteiger partial charge in [-0.25, -0.2) is 0 Å². The summed E-state index contributed by atoms with van der Waals surface area (Å²) in [4.78, 5) is 34.4.